The highest BCUT2D eigenvalue weighted by Crippen LogP contribution is 2.50. The third-order valence-corrected chi connectivity index (χ3v) is 7.52. The van der Waals surface area contributed by atoms with Crippen molar-refractivity contribution >= 4 is 56.9 Å². The van der Waals surface area contributed by atoms with Crippen LogP contribution in [0.1, 0.15) is 13.8 Å². The van der Waals surface area contributed by atoms with Crippen molar-refractivity contribution in [2.45, 2.75) is 18.7 Å². The first-order valence-electron chi connectivity index (χ1n) is 9.92. The number of aliphatic imine (C=N–C) groups is 1. The Morgan fingerprint density at radius 1 is 0.933 bits per heavy atom. The van der Waals surface area contributed by atoms with E-state index in [4.69, 9.17) is 4.99 Å². The van der Waals surface area contributed by atoms with Gasteiger partial charge in [-0.1, -0.05) is 30.0 Å². The Morgan fingerprint density at radius 2 is 1.77 bits per heavy atom. The zero-order valence-electron chi connectivity index (χ0n) is 16.7. The number of nitrogens with zero attached hydrogens (tertiary/aromatic N) is 4. The molecule has 1 saturated heterocycles. The maximum absolute atomic E-state index is 13.3. The van der Waals surface area contributed by atoms with E-state index in [0.717, 1.165) is 38.8 Å². The number of benzene rings is 2. The van der Waals surface area contributed by atoms with Crippen molar-refractivity contribution in [1.29, 1.82) is 0 Å². The lowest BCUT2D eigenvalue weighted by molar-refractivity contribution is -0.122. The van der Waals surface area contributed by atoms with Crippen LogP contribution in [0.2, 0.25) is 0 Å². The van der Waals surface area contributed by atoms with E-state index in [1.165, 1.54) is 16.7 Å². The van der Waals surface area contributed by atoms with Gasteiger partial charge in [-0.15, -0.1) is 0 Å². The maximum Gasteiger partial charge on any atom is 0.269 e. The molecule has 2 aromatic carbocycles. The minimum atomic E-state index is 0.0216. The standard InChI is InChI=1S/C23H20N4OS2/c1-3-26-18-12-5-6-13-19(18)29-22(26)20-21(28)27(4-2)23(30-20)25-17-11-7-10-16-15(17)9-8-14-24-16/h5-14H,3-4H2,1-2H3/b22-20-,25-23?. The molecule has 2 aliphatic rings. The van der Waals surface area contributed by atoms with Crippen LogP contribution in [0.3, 0.4) is 0 Å². The topological polar surface area (TPSA) is 48.8 Å². The number of amidine groups is 1. The van der Waals surface area contributed by atoms with Crippen molar-refractivity contribution in [3.05, 3.63) is 70.7 Å². The summed E-state index contributed by atoms with van der Waals surface area (Å²) in [5.74, 6) is 0.0216. The fourth-order valence-electron chi connectivity index (χ4n) is 3.70. The van der Waals surface area contributed by atoms with Crippen molar-refractivity contribution in [3.8, 4) is 0 Å². The molecular formula is C23H20N4OS2. The molecule has 3 heterocycles. The zero-order valence-corrected chi connectivity index (χ0v) is 18.3. The minimum absolute atomic E-state index is 0.0216. The van der Waals surface area contributed by atoms with Gasteiger partial charge in [-0.2, -0.15) is 0 Å². The molecule has 30 heavy (non-hydrogen) atoms. The molecule has 0 radical (unpaired) electrons. The van der Waals surface area contributed by atoms with E-state index >= 15 is 0 Å². The Hall–Kier alpha value is -2.77. The molecule has 5 nitrogen and oxygen atoms in total. The molecule has 0 spiro atoms. The van der Waals surface area contributed by atoms with Crippen LogP contribution in [0, 0.1) is 0 Å². The fraction of sp³-hybridized carbons (Fsp3) is 0.174. The number of para-hydroxylation sites is 1. The Labute approximate surface area is 183 Å². The summed E-state index contributed by atoms with van der Waals surface area (Å²) in [6.07, 6.45) is 1.78. The number of rotatable bonds is 3. The van der Waals surface area contributed by atoms with E-state index in [2.05, 4.69) is 28.9 Å². The van der Waals surface area contributed by atoms with Crippen LogP contribution in [0.5, 0.6) is 0 Å². The number of amides is 1. The van der Waals surface area contributed by atoms with Crippen LogP contribution in [0.4, 0.5) is 11.4 Å². The largest absolute Gasteiger partial charge is 0.334 e. The summed E-state index contributed by atoms with van der Waals surface area (Å²) < 4.78 is 0. The summed E-state index contributed by atoms with van der Waals surface area (Å²) in [7, 11) is 0. The van der Waals surface area contributed by atoms with Crippen LogP contribution in [0.25, 0.3) is 10.9 Å². The summed E-state index contributed by atoms with van der Waals surface area (Å²) in [6, 6.07) is 18.1. The van der Waals surface area contributed by atoms with Gasteiger partial charge in [0.15, 0.2) is 5.17 Å². The van der Waals surface area contributed by atoms with Crippen molar-refractivity contribution in [1.82, 2.24) is 9.88 Å². The molecule has 1 fully saturated rings. The predicted octanol–water partition coefficient (Wildman–Crippen LogP) is 5.62. The van der Waals surface area contributed by atoms with Crippen molar-refractivity contribution < 1.29 is 4.79 Å². The van der Waals surface area contributed by atoms with Crippen LogP contribution < -0.4 is 4.90 Å². The lowest BCUT2D eigenvalue weighted by Gasteiger charge is -2.19. The molecule has 5 rings (SSSR count). The molecule has 150 valence electrons. The summed E-state index contributed by atoms with van der Waals surface area (Å²) in [5.41, 5.74) is 2.89. The number of likely N-dealkylation sites (N-methyl/N-ethyl adjacent to an activating group) is 1. The highest BCUT2D eigenvalue weighted by atomic mass is 32.2. The number of carbonyl (C=O) groups is 1. The van der Waals surface area contributed by atoms with Gasteiger partial charge >= 0.3 is 0 Å². The number of carbonyl (C=O) groups excluding carboxylic acids is 1. The molecule has 2 aliphatic heterocycles. The number of hydrogen-bond donors (Lipinski definition) is 0. The van der Waals surface area contributed by atoms with E-state index in [1.807, 2.05) is 49.4 Å². The SMILES string of the molecule is CCN1C(=O)/C(=C2/Sc3ccccc3N2CC)SC1=Nc1cccc2ncccc12. The molecule has 0 atom stereocenters. The molecular weight excluding hydrogens is 412 g/mol. The van der Waals surface area contributed by atoms with Crippen LogP contribution in [-0.2, 0) is 4.79 Å². The maximum atomic E-state index is 13.3. The first-order valence-corrected chi connectivity index (χ1v) is 11.6. The van der Waals surface area contributed by atoms with Gasteiger partial charge in [0.05, 0.1) is 16.9 Å². The van der Waals surface area contributed by atoms with Crippen molar-refractivity contribution in [2.75, 3.05) is 18.0 Å². The molecule has 1 amide bonds. The second-order valence-electron chi connectivity index (χ2n) is 6.84. The number of fused-ring (bicyclic) bond motifs is 2. The van der Waals surface area contributed by atoms with Gasteiger partial charge in [-0.25, -0.2) is 4.99 Å². The molecule has 0 saturated carbocycles. The van der Waals surface area contributed by atoms with Gasteiger partial charge in [0, 0.05) is 29.6 Å². The number of thioether (sulfide) groups is 2. The number of anilines is 1. The lowest BCUT2D eigenvalue weighted by Crippen LogP contribution is -2.29. The normalized spacial score (nSPS) is 19.9. The zero-order chi connectivity index (χ0) is 20.7. The summed E-state index contributed by atoms with van der Waals surface area (Å²) in [5, 5.41) is 2.70. The van der Waals surface area contributed by atoms with E-state index in [0.29, 0.717) is 11.7 Å². The van der Waals surface area contributed by atoms with Gasteiger partial charge < -0.3 is 4.90 Å². The Morgan fingerprint density at radius 3 is 2.60 bits per heavy atom. The third kappa shape index (κ3) is 3.09. The predicted molar refractivity (Wildman–Crippen MR) is 126 cm³/mol. The molecule has 0 N–H and O–H groups in total. The van der Waals surface area contributed by atoms with Crippen molar-refractivity contribution in [2.24, 2.45) is 4.99 Å². The summed E-state index contributed by atoms with van der Waals surface area (Å²) in [6.45, 7) is 5.49. The van der Waals surface area contributed by atoms with Gasteiger partial charge in [0.25, 0.3) is 5.91 Å². The molecule has 0 bridgehead atoms. The highest BCUT2D eigenvalue weighted by molar-refractivity contribution is 8.19. The van der Waals surface area contributed by atoms with Gasteiger partial charge in [-0.05, 0) is 62.0 Å². The first-order chi connectivity index (χ1) is 14.7. The quantitative estimate of drug-likeness (QED) is 0.503. The Balaban J connectivity index is 1.59. The second-order valence-corrected chi connectivity index (χ2v) is 8.85. The summed E-state index contributed by atoms with van der Waals surface area (Å²) >= 11 is 3.13. The van der Waals surface area contributed by atoms with Gasteiger partial charge in [0.1, 0.15) is 9.93 Å². The van der Waals surface area contributed by atoms with Crippen LogP contribution >= 0.6 is 23.5 Å². The summed E-state index contributed by atoms with van der Waals surface area (Å²) in [4.78, 5) is 28.5. The Bertz CT molecular complexity index is 1220. The highest BCUT2D eigenvalue weighted by Gasteiger charge is 2.38. The average molecular weight is 433 g/mol. The van der Waals surface area contributed by atoms with E-state index in [-0.39, 0.29) is 5.91 Å². The van der Waals surface area contributed by atoms with E-state index in [1.54, 1.807) is 22.9 Å². The number of pyridine rings is 1. The van der Waals surface area contributed by atoms with E-state index < -0.39 is 0 Å². The molecule has 1 aromatic heterocycles. The molecule has 0 aliphatic carbocycles. The Kier molecular flexibility index (Phi) is 5.00. The molecule has 7 heteroatoms. The number of aromatic nitrogens is 1. The fourth-order valence-corrected chi connectivity index (χ4v) is 6.15. The van der Waals surface area contributed by atoms with Crippen LogP contribution in [-0.4, -0.2) is 34.0 Å². The van der Waals surface area contributed by atoms with Gasteiger partial charge in [-0.3, -0.25) is 14.7 Å². The average Bonchev–Trinajstić information content (AvgIpc) is 3.30. The smallest absolute Gasteiger partial charge is 0.269 e. The monoisotopic (exact) mass is 432 g/mol. The molecule has 0 unspecified atom stereocenters. The minimum Gasteiger partial charge on any atom is -0.334 e. The lowest BCUT2D eigenvalue weighted by atomic mass is 10.2. The van der Waals surface area contributed by atoms with E-state index in [9.17, 15) is 4.79 Å². The third-order valence-electron chi connectivity index (χ3n) is 5.14. The van der Waals surface area contributed by atoms with Gasteiger partial charge in [0.2, 0.25) is 0 Å². The van der Waals surface area contributed by atoms with Crippen molar-refractivity contribution in [3.63, 3.8) is 0 Å². The molecule has 3 aromatic rings. The first kappa shape index (κ1) is 19.2. The second kappa shape index (κ2) is 7.81. The van der Waals surface area contributed by atoms with Crippen LogP contribution in [0.15, 0.2) is 80.6 Å². The number of hydrogen-bond acceptors (Lipinski definition) is 6.